The van der Waals surface area contributed by atoms with Gasteiger partial charge in [0, 0.05) is 32.0 Å². The van der Waals surface area contributed by atoms with Gasteiger partial charge >= 0.3 is 0 Å². The van der Waals surface area contributed by atoms with Crippen LogP contribution in [0.15, 0.2) is 18.6 Å². The molecule has 9 nitrogen and oxygen atoms in total. The molecule has 1 atom stereocenters. The molecule has 0 radical (unpaired) electrons. The van der Waals surface area contributed by atoms with E-state index in [0.29, 0.717) is 31.3 Å². The fourth-order valence-electron chi connectivity index (χ4n) is 3.01. The Labute approximate surface area is 133 Å². The number of aliphatic hydroxyl groups is 1. The van der Waals surface area contributed by atoms with E-state index >= 15 is 0 Å². The second-order valence-electron chi connectivity index (χ2n) is 5.77. The maximum absolute atomic E-state index is 10.2. The first kappa shape index (κ1) is 14.5. The molecular weight excluding hydrogens is 298 g/mol. The molecule has 2 aromatic rings. The van der Waals surface area contributed by atoms with Gasteiger partial charge in [-0.3, -0.25) is 14.5 Å². The van der Waals surface area contributed by atoms with Crippen molar-refractivity contribution in [1.29, 1.82) is 0 Å². The predicted octanol–water partition coefficient (Wildman–Crippen LogP) is -0.794. The lowest BCUT2D eigenvalue weighted by Crippen LogP contribution is -2.49. The van der Waals surface area contributed by atoms with Crippen molar-refractivity contribution in [1.82, 2.24) is 29.6 Å². The Balaban J connectivity index is 1.61. The lowest BCUT2D eigenvalue weighted by Gasteiger charge is -2.37. The van der Waals surface area contributed by atoms with Crippen molar-refractivity contribution in [2.24, 2.45) is 0 Å². The summed E-state index contributed by atoms with van der Waals surface area (Å²) in [6.07, 6.45) is 4.44. The number of β-amino-alcohol motifs (C(OH)–C–C–N with tert-alkyl or cyclic N) is 1. The molecule has 1 fully saturated rings. The third-order valence-corrected chi connectivity index (χ3v) is 4.11. The molecule has 1 N–H and O–H groups in total. The number of anilines is 1. The zero-order valence-electron chi connectivity index (χ0n) is 12.7. The number of ether oxygens (including phenoxy) is 1. The van der Waals surface area contributed by atoms with Crippen LogP contribution in [0.3, 0.4) is 0 Å². The molecule has 0 bridgehead atoms. The fourth-order valence-corrected chi connectivity index (χ4v) is 3.01. The largest absolute Gasteiger partial charge is 0.389 e. The van der Waals surface area contributed by atoms with E-state index in [1.165, 1.54) is 0 Å². The summed E-state index contributed by atoms with van der Waals surface area (Å²) in [5.41, 5.74) is 0.659. The molecule has 0 aromatic carbocycles. The average molecular weight is 317 g/mol. The lowest BCUT2D eigenvalue weighted by atomic mass is 10.2. The quantitative estimate of drug-likeness (QED) is 0.787. The first-order valence-corrected chi connectivity index (χ1v) is 7.74. The van der Waals surface area contributed by atoms with Gasteiger partial charge in [-0.25, -0.2) is 4.98 Å². The highest BCUT2D eigenvalue weighted by molar-refractivity contribution is 5.52. The molecule has 0 amide bonds. The zero-order chi connectivity index (χ0) is 15.6. The highest BCUT2D eigenvalue weighted by Gasteiger charge is 2.29. The summed E-state index contributed by atoms with van der Waals surface area (Å²) in [7, 11) is 0. The van der Waals surface area contributed by atoms with Crippen molar-refractivity contribution < 1.29 is 9.84 Å². The van der Waals surface area contributed by atoms with Gasteiger partial charge in [0.05, 0.1) is 38.7 Å². The van der Waals surface area contributed by atoms with Crippen LogP contribution in [0.25, 0.3) is 11.5 Å². The van der Waals surface area contributed by atoms with Gasteiger partial charge in [0.2, 0.25) is 5.95 Å². The first-order chi connectivity index (χ1) is 11.3. The fraction of sp³-hybridized carbons (Fsp3) is 0.571. The number of hydrogen-bond donors (Lipinski definition) is 1. The highest BCUT2D eigenvalue weighted by Crippen LogP contribution is 2.25. The Morgan fingerprint density at radius 2 is 2.04 bits per heavy atom. The van der Waals surface area contributed by atoms with Crippen molar-refractivity contribution in [2.75, 3.05) is 44.4 Å². The molecular formula is C14H19N7O2. The maximum atomic E-state index is 10.2. The molecule has 0 saturated carbocycles. The van der Waals surface area contributed by atoms with Crippen LogP contribution < -0.4 is 4.90 Å². The molecule has 4 rings (SSSR count). The van der Waals surface area contributed by atoms with Crippen molar-refractivity contribution >= 4 is 5.95 Å². The van der Waals surface area contributed by atoms with Gasteiger partial charge in [0.1, 0.15) is 5.69 Å². The maximum Gasteiger partial charge on any atom is 0.228 e. The number of hydrogen-bond acceptors (Lipinski definition) is 8. The van der Waals surface area contributed by atoms with Crippen LogP contribution in [0.4, 0.5) is 5.95 Å². The molecule has 2 aromatic heterocycles. The molecule has 122 valence electrons. The number of aromatic nitrogens is 5. The molecule has 2 aliphatic heterocycles. The Morgan fingerprint density at radius 1 is 1.17 bits per heavy atom. The second kappa shape index (κ2) is 6.19. The van der Waals surface area contributed by atoms with Gasteiger partial charge in [-0.2, -0.15) is 0 Å². The number of rotatable bonds is 3. The van der Waals surface area contributed by atoms with E-state index in [-0.39, 0.29) is 0 Å². The zero-order valence-corrected chi connectivity index (χ0v) is 12.7. The molecule has 0 spiro atoms. The summed E-state index contributed by atoms with van der Waals surface area (Å²) < 4.78 is 7.30. The minimum Gasteiger partial charge on any atom is -0.389 e. The van der Waals surface area contributed by atoms with Gasteiger partial charge in [-0.1, -0.05) is 0 Å². The normalized spacial score (nSPS) is 22.1. The van der Waals surface area contributed by atoms with E-state index in [1.807, 2.05) is 4.57 Å². The average Bonchev–Trinajstić information content (AvgIpc) is 3.00. The van der Waals surface area contributed by atoms with Crippen LogP contribution in [0.2, 0.25) is 0 Å². The van der Waals surface area contributed by atoms with Crippen molar-refractivity contribution in [2.45, 2.75) is 12.6 Å². The van der Waals surface area contributed by atoms with Crippen molar-refractivity contribution in [3.8, 4) is 11.5 Å². The molecule has 23 heavy (non-hydrogen) atoms. The third-order valence-electron chi connectivity index (χ3n) is 4.11. The first-order valence-electron chi connectivity index (χ1n) is 7.74. The minimum absolute atomic E-state index is 0.463. The molecule has 9 heteroatoms. The van der Waals surface area contributed by atoms with Crippen LogP contribution in [0.1, 0.15) is 0 Å². The number of morpholine rings is 1. The molecule has 1 unspecified atom stereocenters. The van der Waals surface area contributed by atoms with Gasteiger partial charge in [0.25, 0.3) is 0 Å². The van der Waals surface area contributed by atoms with E-state index in [1.54, 1.807) is 18.6 Å². The van der Waals surface area contributed by atoms with E-state index < -0.39 is 6.10 Å². The van der Waals surface area contributed by atoms with E-state index in [9.17, 15) is 5.11 Å². The van der Waals surface area contributed by atoms with Gasteiger partial charge in [-0.15, -0.1) is 10.2 Å². The number of nitrogens with zero attached hydrogens (tertiary/aromatic N) is 7. The Hall–Kier alpha value is -2.10. The number of fused-ring (bicyclic) bond motifs is 1. The Morgan fingerprint density at radius 3 is 2.83 bits per heavy atom. The second-order valence-corrected chi connectivity index (χ2v) is 5.77. The predicted molar refractivity (Wildman–Crippen MR) is 81.7 cm³/mol. The molecule has 1 saturated heterocycles. The van der Waals surface area contributed by atoms with Crippen LogP contribution >= 0.6 is 0 Å². The highest BCUT2D eigenvalue weighted by atomic mass is 16.5. The lowest BCUT2D eigenvalue weighted by molar-refractivity contribution is 0.0352. The standard InChI is InChI=1S/C14H19N7O2/c22-11-8-20(10-19-3-5-23-6-4-19)14-18-17-13(21(14)9-11)12-7-15-1-2-16-12/h1-2,7,11,22H,3-6,8-10H2. The van der Waals surface area contributed by atoms with Crippen LogP contribution in [0, 0.1) is 0 Å². The van der Waals surface area contributed by atoms with E-state index in [0.717, 1.165) is 32.3 Å². The summed E-state index contributed by atoms with van der Waals surface area (Å²) in [6.45, 7) is 4.99. The Bertz CT molecular complexity index is 656. The van der Waals surface area contributed by atoms with E-state index in [4.69, 9.17) is 4.74 Å². The van der Waals surface area contributed by atoms with E-state index in [2.05, 4.69) is 30.0 Å². The van der Waals surface area contributed by atoms with Gasteiger partial charge < -0.3 is 14.7 Å². The van der Waals surface area contributed by atoms with Crippen molar-refractivity contribution in [3.63, 3.8) is 0 Å². The van der Waals surface area contributed by atoms with Gasteiger partial charge in [0.15, 0.2) is 5.82 Å². The summed E-state index contributed by atoms with van der Waals surface area (Å²) >= 11 is 0. The van der Waals surface area contributed by atoms with Gasteiger partial charge in [-0.05, 0) is 0 Å². The monoisotopic (exact) mass is 317 g/mol. The smallest absolute Gasteiger partial charge is 0.228 e. The third kappa shape index (κ3) is 2.90. The minimum atomic E-state index is -0.463. The van der Waals surface area contributed by atoms with Crippen LogP contribution in [0.5, 0.6) is 0 Å². The Kier molecular flexibility index (Phi) is 3.90. The number of aliphatic hydroxyl groups excluding tert-OH is 1. The summed E-state index contributed by atoms with van der Waals surface area (Å²) in [6, 6.07) is 0. The SMILES string of the molecule is OC1CN(CN2CCOCC2)c2nnc(-c3cnccn3)n2C1. The topological polar surface area (TPSA) is 92.4 Å². The van der Waals surface area contributed by atoms with Crippen LogP contribution in [-0.4, -0.2) is 80.4 Å². The van der Waals surface area contributed by atoms with Crippen LogP contribution in [-0.2, 0) is 11.3 Å². The summed E-state index contributed by atoms with van der Waals surface area (Å²) in [4.78, 5) is 12.7. The van der Waals surface area contributed by atoms with Crippen molar-refractivity contribution in [3.05, 3.63) is 18.6 Å². The summed E-state index contributed by atoms with van der Waals surface area (Å²) in [5.74, 6) is 1.40. The molecule has 2 aliphatic rings. The summed E-state index contributed by atoms with van der Waals surface area (Å²) in [5, 5.41) is 18.8. The molecule has 0 aliphatic carbocycles. The molecule has 4 heterocycles.